The first-order chi connectivity index (χ1) is 13.2. The van der Waals surface area contributed by atoms with Gasteiger partial charge in [0.2, 0.25) is 5.91 Å². The van der Waals surface area contributed by atoms with E-state index in [1.54, 1.807) is 0 Å². The molecule has 0 saturated carbocycles. The zero-order valence-corrected chi connectivity index (χ0v) is 17.2. The summed E-state index contributed by atoms with van der Waals surface area (Å²) < 4.78 is 6.26. The van der Waals surface area contributed by atoms with Gasteiger partial charge in [0.15, 0.2) is 0 Å². The van der Waals surface area contributed by atoms with Gasteiger partial charge in [-0.1, -0.05) is 42.5 Å². The van der Waals surface area contributed by atoms with E-state index in [4.69, 9.17) is 4.74 Å². The number of aldehydes is 1. The SMILES string of the molecule is O=CCOCC(=O)N1CCN([C@H](c2ccccc2)c2ccc(I)cc2)CC1. The third-order valence-corrected chi connectivity index (χ3v) is 5.46. The van der Waals surface area contributed by atoms with Gasteiger partial charge in [0, 0.05) is 29.7 Å². The molecule has 0 aromatic heterocycles. The minimum absolute atomic E-state index is 0.0298. The van der Waals surface area contributed by atoms with E-state index in [-0.39, 0.29) is 25.2 Å². The maximum Gasteiger partial charge on any atom is 0.248 e. The Kier molecular flexibility index (Phi) is 7.37. The van der Waals surface area contributed by atoms with Crippen molar-refractivity contribution in [1.82, 2.24) is 9.80 Å². The summed E-state index contributed by atoms with van der Waals surface area (Å²) in [6.07, 6.45) is 0.663. The molecule has 1 aliphatic rings. The molecule has 1 saturated heterocycles. The maximum absolute atomic E-state index is 12.2. The molecule has 0 N–H and O–H groups in total. The van der Waals surface area contributed by atoms with Crippen LogP contribution in [0.1, 0.15) is 17.2 Å². The van der Waals surface area contributed by atoms with Crippen LogP contribution in [0.15, 0.2) is 54.6 Å². The lowest BCUT2D eigenvalue weighted by atomic mass is 9.96. The molecule has 0 unspecified atom stereocenters. The first kappa shape index (κ1) is 20.0. The number of hydrogen-bond donors (Lipinski definition) is 0. The van der Waals surface area contributed by atoms with Gasteiger partial charge in [0.05, 0.1) is 6.04 Å². The van der Waals surface area contributed by atoms with Gasteiger partial charge in [-0.05, 0) is 45.9 Å². The van der Waals surface area contributed by atoms with Crippen molar-refractivity contribution >= 4 is 34.8 Å². The Morgan fingerprint density at radius 1 is 1.00 bits per heavy atom. The monoisotopic (exact) mass is 478 g/mol. The van der Waals surface area contributed by atoms with Crippen LogP contribution in [0.5, 0.6) is 0 Å². The molecule has 1 atom stereocenters. The lowest BCUT2D eigenvalue weighted by Gasteiger charge is -2.39. The number of carbonyl (C=O) groups is 2. The zero-order chi connectivity index (χ0) is 19.1. The predicted molar refractivity (Wildman–Crippen MR) is 112 cm³/mol. The normalized spacial score (nSPS) is 16.1. The molecule has 5 nitrogen and oxygen atoms in total. The van der Waals surface area contributed by atoms with Gasteiger partial charge in [-0.2, -0.15) is 0 Å². The van der Waals surface area contributed by atoms with Crippen LogP contribution in [0.3, 0.4) is 0 Å². The number of nitrogens with zero attached hydrogens (tertiary/aromatic N) is 2. The Bertz CT molecular complexity index is 744. The highest BCUT2D eigenvalue weighted by molar-refractivity contribution is 14.1. The minimum Gasteiger partial charge on any atom is -0.364 e. The average Bonchev–Trinajstić information content (AvgIpc) is 2.71. The van der Waals surface area contributed by atoms with E-state index in [9.17, 15) is 9.59 Å². The van der Waals surface area contributed by atoms with E-state index >= 15 is 0 Å². The second-order valence-corrected chi connectivity index (χ2v) is 7.71. The van der Waals surface area contributed by atoms with E-state index < -0.39 is 0 Å². The quantitative estimate of drug-likeness (QED) is 0.349. The number of rotatable bonds is 7. The summed E-state index contributed by atoms with van der Waals surface area (Å²) in [6, 6.07) is 19.3. The molecule has 142 valence electrons. The summed E-state index contributed by atoms with van der Waals surface area (Å²) in [5.41, 5.74) is 2.52. The minimum atomic E-state index is -0.0537. The standard InChI is InChI=1S/C21H23IN2O3/c22-19-8-6-18(7-9-19)21(17-4-2-1-3-5-17)24-12-10-23(11-13-24)20(26)16-27-15-14-25/h1-9,14,21H,10-13,15-16H2/t21-/m1/s1. The molecule has 6 heteroatoms. The number of benzene rings is 2. The fraction of sp³-hybridized carbons (Fsp3) is 0.333. The lowest BCUT2D eigenvalue weighted by Crippen LogP contribution is -2.50. The molecule has 0 aliphatic carbocycles. The first-order valence-corrected chi connectivity index (χ1v) is 10.1. The fourth-order valence-corrected chi connectivity index (χ4v) is 3.77. The summed E-state index contributed by atoms with van der Waals surface area (Å²) >= 11 is 2.32. The first-order valence-electron chi connectivity index (χ1n) is 9.02. The fourth-order valence-electron chi connectivity index (χ4n) is 3.41. The van der Waals surface area contributed by atoms with Crippen LogP contribution in [0.4, 0.5) is 0 Å². The Balaban J connectivity index is 1.70. The van der Waals surface area contributed by atoms with Crippen molar-refractivity contribution < 1.29 is 14.3 Å². The highest BCUT2D eigenvalue weighted by Gasteiger charge is 2.28. The molecule has 27 heavy (non-hydrogen) atoms. The molecule has 0 radical (unpaired) electrons. The van der Waals surface area contributed by atoms with Gasteiger partial charge < -0.3 is 14.4 Å². The molecule has 1 amide bonds. The van der Waals surface area contributed by atoms with Crippen molar-refractivity contribution in [3.8, 4) is 0 Å². The maximum atomic E-state index is 12.2. The highest BCUT2D eigenvalue weighted by atomic mass is 127. The Morgan fingerprint density at radius 2 is 1.63 bits per heavy atom. The summed E-state index contributed by atoms with van der Waals surface area (Å²) in [5, 5.41) is 0. The molecular weight excluding hydrogens is 455 g/mol. The second kappa shape index (κ2) is 9.96. The van der Waals surface area contributed by atoms with Gasteiger partial charge in [-0.25, -0.2) is 0 Å². The summed E-state index contributed by atoms with van der Waals surface area (Å²) in [6.45, 7) is 2.86. The van der Waals surface area contributed by atoms with Crippen LogP contribution in [-0.2, 0) is 14.3 Å². The summed E-state index contributed by atoms with van der Waals surface area (Å²) in [4.78, 5) is 26.7. The van der Waals surface area contributed by atoms with Crippen LogP contribution >= 0.6 is 22.6 Å². The van der Waals surface area contributed by atoms with E-state index in [1.807, 2.05) is 11.0 Å². The Morgan fingerprint density at radius 3 is 2.26 bits per heavy atom. The third kappa shape index (κ3) is 5.37. The largest absolute Gasteiger partial charge is 0.364 e. The van der Waals surface area contributed by atoms with Crippen LogP contribution in [0.25, 0.3) is 0 Å². The molecule has 1 fully saturated rings. The molecule has 2 aromatic carbocycles. The zero-order valence-electron chi connectivity index (χ0n) is 15.1. The van der Waals surface area contributed by atoms with Gasteiger partial charge in [-0.3, -0.25) is 9.69 Å². The highest BCUT2D eigenvalue weighted by Crippen LogP contribution is 2.30. The van der Waals surface area contributed by atoms with Crippen molar-refractivity contribution in [2.45, 2.75) is 6.04 Å². The van der Waals surface area contributed by atoms with Crippen molar-refractivity contribution in [3.63, 3.8) is 0 Å². The smallest absolute Gasteiger partial charge is 0.248 e. The van der Waals surface area contributed by atoms with Crippen LogP contribution in [0, 0.1) is 3.57 Å². The predicted octanol–water partition coefficient (Wildman–Crippen LogP) is 2.74. The Labute approximate surface area is 173 Å². The molecule has 1 aliphatic heterocycles. The van der Waals surface area contributed by atoms with Gasteiger partial charge in [0.1, 0.15) is 19.5 Å². The molecular formula is C21H23IN2O3. The van der Waals surface area contributed by atoms with Crippen molar-refractivity contribution in [1.29, 1.82) is 0 Å². The van der Waals surface area contributed by atoms with Crippen LogP contribution in [0.2, 0.25) is 0 Å². The van der Waals surface area contributed by atoms with Gasteiger partial charge >= 0.3 is 0 Å². The number of ether oxygens (including phenoxy) is 1. The molecule has 2 aromatic rings. The number of amides is 1. The van der Waals surface area contributed by atoms with Gasteiger partial charge in [0.25, 0.3) is 0 Å². The summed E-state index contributed by atoms with van der Waals surface area (Å²) in [5.74, 6) is -0.0537. The van der Waals surface area contributed by atoms with Crippen LogP contribution in [-0.4, -0.2) is 61.4 Å². The number of halogens is 1. The topological polar surface area (TPSA) is 49.9 Å². The third-order valence-electron chi connectivity index (χ3n) is 4.74. The van der Waals surface area contributed by atoms with Gasteiger partial charge in [-0.15, -0.1) is 0 Å². The van der Waals surface area contributed by atoms with E-state index in [0.29, 0.717) is 19.4 Å². The van der Waals surface area contributed by atoms with Crippen LogP contribution < -0.4 is 0 Å². The average molecular weight is 478 g/mol. The van der Waals surface area contributed by atoms with Crippen molar-refractivity contribution in [2.24, 2.45) is 0 Å². The second-order valence-electron chi connectivity index (χ2n) is 6.46. The number of piperazine rings is 1. The number of carbonyl (C=O) groups excluding carboxylic acids is 2. The summed E-state index contributed by atoms with van der Waals surface area (Å²) in [7, 11) is 0. The molecule has 3 rings (SSSR count). The number of hydrogen-bond acceptors (Lipinski definition) is 4. The lowest BCUT2D eigenvalue weighted by molar-refractivity contribution is -0.138. The van der Waals surface area contributed by atoms with Crippen molar-refractivity contribution in [3.05, 3.63) is 69.3 Å². The molecule has 1 heterocycles. The molecule has 0 spiro atoms. The Hall–Kier alpha value is -1.77. The van der Waals surface area contributed by atoms with Crippen molar-refractivity contribution in [2.75, 3.05) is 39.4 Å². The van der Waals surface area contributed by atoms with E-state index in [1.165, 1.54) is 14.7 Å². The van der Waals surface area contributed by atoms with E-state index in [2.05, 4.69) is 76.0 Å². The molecule has 0 bridgehead atoms. The van der Waals surface area contributed by atoms with E-state index in [0.717, 1.165) is 13.1 Å².